The molecule has 1 aromatic carbocycles. The van der Waals surface area contributed by atoms with Crippen LogP contribution in [0.25, 0.3) is 0 Å². The maximum atomic E-state index is 12.3. The second kappa shape index (κ2) is 10.0. The Morgan fingerprint density at radius 1 is 1.38 bits per heavy atom. The Labute approximate surface area is 157 Å². The quantitative estimate of drug-likeness (QED) is 0.782. The third kappa shape index (κ3) is 6.08. The lowest BCUT2D eigenvalue weighted by Gasteiger charge is -2.33. The normalized spacial score (nSPS) is 25.6. The molecule has 2 aliphatic heterocycles. The molecule has 144 valence electrons. The van der Waals surface area contributed by atoms with Crippen LogP contribution in [0.4, 0.5) is 0 Å². The van der Waals surface area contributed by atoms with Crippen molar-refractivity contribution in [1.82, 2.24) is 15.5 Å². The topological polar surface area (TPSA) is 53.6 Å². The summed E-state index contributed by atoms with van der Waals surface area (Å²) in [7, 11) is 0. The Morgan fingerprint density at radius 3 is 3.00 bits per heavy atom. The van der Waals surface area contributed by atoms with E-state index in [0.29, 0.717) is 24.8 Å². The number of piperidine rings is 1. The Morgan fingerprint density at radius 2 is 2.23 bits per heavy atom. The zero-order valence-corrected chi connectivity index (χ0v) is 16.0. The van der Waals surface area contributed by atoms with Gasteiger partial charge < -0.3 is 15.4 Å². The van der Waals surface area contributed by atoms with Crippen LogP contribution in [0.5, 0.6) is 0 Å². The molecule has 26 heavy (non-hydrogen) atoms. The van der Waals surface area contributed by atoms with E-state index in [1.54, 1.807) is 0 Å². The summed E-state index contributed by atoms with van der Waals surface area (Å²) in [6.45, 7) is 8.48. The fraction of sp³-hybridized carbons (Fsp3) is 0.667. The molecule has 2 fully saturated rings. The Hall–Kier alpha value is -1.43. The zero-order valence-electron chi connectivity index (χ0n) is 16.0. The van der Waals surface area contributed by atoms with Crippen molar-refractivity contribution >= 4 is 5.91 Å². The van der Waals surface area contributed by atoms with Gasteiger partial charge in [-0.05, 0) is 43.3 Å². The second-order valence-corrected chi connectivity index (χ2v) is 7.81. The summed E-state index contributed by atoms with van der Waals surface area (Å²) in [6, 6.07) is 10.5. The number of nitrogens with zero attached hydrogens (tertiary/aromatic N) is 1. The van der Waals surface area contributed by atoms with Crippen LogP contribution in [-0.4, -0.2) is 56.2 Å². The van der Waals surface area contributed by atoms with Crippen molar-refractivity contribution in [3.63, 3.8) is 0 Å². The van der Waals surface area contributed by atoms with Gasteiger partial charge in [0.2, 0.25) is 5.91 Å². The number of benzene rings is 1. The van der Waals surface area contributed by atoms with Crippen LogP contribution in [0.1, 0.15) is 31.7 Å². The Balaban J connectivity index is 1.37. The molecule has 0 aromatic heterocycles. The lowest BCUT2D eigenvalue weighted by Crippen LogP contribution is -2.47. The van der Waals surface area contributed by atoms with Crippen molar-refractivity contribution in [3.05, 3.63) is 35.9 Å². The largest absolute Gasteiger partial charge is 0.374 e. The molecule has 0 aliphatic carbocycles. The highest BCUT2D eigenvalue weighted by Gasteiger charge is 2.24. The van der Waals surface area contributed by atoms with Crippen molar-refractivity contribution in [2.24, 2.45) is 11.8 Å². The summed E-state index contributed by atoms with van der Waals surface area (Å²) in [5, 5.41) is 6.54. The Kier molecular flexibility index (Phi) is 7.47. The summed E-state index contributed by atoms with van der Waals surface area (Å²) >= 11 is 0. The van der Waals surface area contributed by atoms with Gasteiger partial charge in [0.15, 0.2) is 0 Å². The molecule has 0 saturated carbocycles. The summed E-state index contributed by atoms with van der Waals surface area (Å²) in [5.41, 5.74) is 1.33. The molecule has 1 amide bonds. The fourth-order valence-electron chi connectivity index (χ4n) is 4.01. The predicted octanol–water partition coefficient (Wildman–Crippen LogP) is 2.03. The zero-order chi connectivity index (χ0) is 18.2. The highest BCUT2D eigenvalue weighted by atomic mass is 16.5. The smallest absolute Gasteiger partial charge is 0.220 e. The molecular formula is C21H33N3O2. The average molecular weight is 360 g/mol. The summed E-state index contributed by atoms with van der Waals surface area (Å²) in [5.74, 6) is 1.22. The van der Waals surface area contributed by atoms with Gasteiger partial charge in [-0.3, -0.25) is 9.69 Å². The first-order chi connectivity index (χ1) is 12.7. The van der Waals surface area contributed by atoms with Gasteiger partial charge in [-0.2, -0.15) is 0 Å². The van der Waals surface area contributed by atoms with Crippen molar-refractivity contribution in [2.75, 3.05) is 39.3 Å². The van der Waals surface area contributed by atoms with E-state index in [2.05, 4.69) is 46.7 Å². The molecule has 5 heteroatoms. The van der Waals surface area contributed by atoms with Crippen molar-refractivity contribution in [3.8, 4) is 0 Å². The highest BCUT2D eigenvalue weighted by molar-refractivity contribution is 5.76. The highest BCUT2D eigenvalue weighted by Crippen LogP contribution is 2.22. The first kappa shape index (κ1) is 19.3. The monoisotopic (exact) mass is 359 g/mol. The van der Waals surface area contributed by atoms with Crippen LogP contribution < -0.4 is 10.6 Å². The van der Waals surface area contributed by atoms with Gasteiger partial charge in [-0.25, -0.2) is 0 Å². The molecule has 2 aliphatic rings. The number of morpholine rings is 1. The summed E-state index contributed by atoms with van der Waals surface area (Å²) in [6.07, 6.45) is 3.17. The van der Waals surface area contributed by atoms with E-state index < -0.39 is 0 Å². The number of hydrogen-bond donors (Lipinski definition) is 2. The van der Waals surface area contributed by atoms with Gasteiger partial charge in [0.25, 0.3) is 0 Å². The number of amides is 1. The minimum atomic E-state index is 0.0862. The first-order valence-electron chi connectivity index (χ1n) is 10.1. The van der Waals surface area contributed by atoms with E-state index in [9.17, 15) is 4.79 Å². The molecule has 2 heterocycles. The number of ether oxygens (including phenoxy) is 1. The summed E-state index contributed by atoms with van der Waals surface area (Å²) < 4.78 is 5.85. The molecule has 3 rings (SSSR count). The minimum absolute atomic E-state index is 0.0862. The van der Waals surface area contributed by atoms with Crippen molar-refractivity contribution in [2.45, 2.75) is 38.8 Å². The van der Waals surface area contributed by atoms with Crippen LogP contribution in [-0.2, 0) is 16.1 Å². The van der Waals surface area contributed by atoms with Crippen LogP contribution in [0.2, 0.25) is 0 Å². The molecule has 2 N–H and O–H groups in total. The molecule has 3 atom stereocenters. The van der Waals surface area contributed by atoms with E-state index in [-0.39, 0.29) is 12.0 Å². The lowest BCUT2D eigenvalue weighted by atomic mass is 9.85. The van der Waals surface area contributed by atoms with Crippen molar-refractivity contribution < 1.29 is 9.53 Å². The third-order valence-electron chi connectivity index (χ3n) is 5.65. The number of carbonyl (C=O) groups excluding carboxylic acids is 1. The number of hydrogen-bond acceptors (Lipinski definition) is 4. The van der Waals surface area contributed by atoms with Gasteiger partial charge >= 0.3 is 0 Å². The van der Waals surface area contributed by atoms with E-state index in [1.165, 1.54) is 18.4 Å². The van der Waals surface area contributed by atoms with Crippen LogP contribution >= 0.6 is 0 Å². The lowest BCUT2D eigenvalue weighted by molar-refractivity contribution is -0.123. The van der Waals surface area contributed by atoms with Gasteiger partial charge in [0.1, 0.15) is 0 Å². The predicted molar refractivity (Wildman–Crippen MR) is 104 cm³/mol. The average Bonchev–Trinajstić information content (AvgIpc) is 2.68. The Bertz CT molecular complexity index is 545. The second-order valence-electron chi connectivity index (χ2n) is 7.81. The molecule has 0 bridgehead atoms. The third-order valence-corrected chi connectivity index (χ3v) is 5.65. The standard InChI is InChI=1S/C21H33N3O2/c1-17(19-8-5-9-22-13-19)12-21(25)23-14-20-16-24(10-11-26-20)15-18-6-3-2-4-7-18/h2-4,6-7,17,19-20,22H,5,8-16H2,1H3,(H,23,25). The first-order valence-corrected chi connectivity index (χ1v) is 10.1. The van der Waals surface area contributed by atoms with Crippen LogP contribution in [0.15, 0.2) is 30.3 Å². The van der Waals surface area contributed by atoms with E-state index >= 15 is 0 Å². The maximum absolute atomic E-state index is 12.3. The maximum Gasteiger partial charge on any atom is 0.220 e. The number of rotatable bonds is 7. The number of nitrogens with one attached hydrogen (secondary N) is 2. The van der Waals surface area contributed by atoms with Crippen molar-refractivity contribution in [1.29, 1.82) is 0 Å². The van der Waals surface area contributed by atoms with E-state index in [1.807, 2.05) is 6.07 Å². The van der Waals surface area contributed by atoms with Gasteiger partial charge in [-0.15, -0.1) is 0 Å². The van der Waals surface area contributed by atoms with Gasteiger partial charge in [0, 0.05) is 32.6 Å². The molecule has 3 unspecified atom stereocenters. The molecular weight excluding hydrogens is 326 g/mol. The number of carbonyl (C=O) groups is 1. The van der Waals surface area contributed by atoms with Crippen LogP contribution in [0.3, 0.4) is 0 Å². The van der Waals surface area contributed by atoms with Crippen LogP contribution in [0, 0.1) is 11.8 Å². The summed E-state index contributed by atoms with van der Waals surface area (Å²) in [4.78, 5) is 14.7. The van der Waals surface area contributed by atoms with Gasteiger partial charge in [0.05, 0.1) is 12.7 Å². The molecule has 2 saturated heterocycles. The molecule has 0 radical (unpaired) electrons. The fourth-order valence-corrected chi connectivity index (χ4v) is 4.01. The SMILES string of the molecule is CC(CC(=O)NCC1CN(Cc2ccccc2)CCO1)C1CCCNC1. The molecule has 0 spiro atoms. The van der Waals surface area contributed by atoms with Gasteiger partial charge in [-0.1, -0.05) is 37.3 Å². The minimum Gasteiger partial charge on any atom is -0.374 e. The van der Waals surface area contributed by atoms with E-state index in [4.69, 9.17) is 4.74 Å². The van der Waals surface area contributed by atoms with E-state index in [0.717, 1.165) is 39.3 Å². The molecule has 5 nitrogen and oxygen atoms in total. The molecule has 1 aromatic rings.